The van der Waals surface area contributed by atoms with Gasteiger partial charge in [0.25, 0.3) is 11.8 Å². The molecule has 0 amide bonds. The topological polar surface area (TPSA) is 65.1 Å². The number of aromatic nitrogens is 1. The summed E-state index contributed by atoms with van der Waals surface area (Å²) in [5, 5.41) is 11.0. The fourth-order valence-corrected chi connectivity index (χ4v) is 2.73. The van der Waals surface area contributed by atoms with Gasteiger partial charge in [0.05, 0.1) is 9.46 Å². The number of benzene rings is 1. The van der Waals surface area contributed by atoms with Crippen LogP contribution in [0.4, 0.5) is 0 Å². The summed E-state index contributed by atoms with van der Waals surface area (Å²) in [5.41, 5.74) is 0.511. The first-order valence-electron chi connectivity index (χ1n) is 5.26. The van der Waals surface area contributed by atoms with Gasteiger partial charge >= 0.3 is 0 Å². The molecule has 1 heterocycles. The molecule has 0 aliphatic heterocycles. The molecular weight excluding hydrogens is 288 g/mol. The molecule has 0 aliphatic rings. The molecule has 2 aromatic rings. The first kappa shape index (κ1) is 13.5. The summed E-state index contributed by atoms with van der Waals surface area (Å²) in [5.74, 6) is 0. The number of rotatable bonds is 2. The molecule has 98 valence electrons. The van der Waals surface area contributed by atoms with Gasteiger partial charge < -0.3 is 0 Å². The number of thiazole rings is 1. The van der Waals surface area contributed by atoms with Crippen molar-refractivity contribution in [2.24, 2.45) is 7.05 Å². The number of nitro groups is 1. The molecule has 0 saturated carbocycles. The van der Waals surface area contributed by atoms with Gasteiger partial charge in [0.15, 0.2) is 4.66 Å². The van der Waals surface area contributed by atoms with E-state index in [4.69, 9.17) is 11.6 Å². The first-order valence-corrected chi connectivity index (χ1v) is 6.45. The SMILES string of the molecule is Cn1c(=O)/c(=C\c2cccc(Cl)c2)s/c1=C\[N+](=O)[O-]. The standard InChI is InChI=1S/C12H9ClN2O3S/c1-14-11(7-15(17)18)19-10(12(14)16)6-8-3-2-4-9(13)5-8/h2-7H,1H3/b10-6+,11-7-. The van der Waals surface area contributed by atoms with E-state index in [1.807, 2.05) is 6.07 Å². The van der Waals surface area contributed by atoms with Crippen molar-refractivity contribution >= 4 is 35.2 Å². The molecule has 2 rings (SSSR count). The van der Waals surface area contributed by atoms with Crippen LogP contribution in [0.25, 0.3) is 12.3 Å². The van der Waals surface area contributed by atoms with Crippen molar-refractivity contribution in [2.45, 2.75) is 0 Å². The van der Waals surface area contributed by atoms with E-state index >= 15 is 0 Å². The number of nitrogens with zero attached hydrogens (tertiary/aromatic N) is 2. The van der Waals surface area contributed by atoms with E-state index in [1.54, 1.807) is 24.3 Å². The van der Waals surface area contributed by atoms with Crippen LogP contribution in [-0.2, 0) is 7.05 Å². The molecule has 7 heteroatoms. The molecule has 0 aliphatic carbocycles. The quantitative estimate of drug-likeness (QED) is 0.612. The minimum Gasteiger partial charge on any atom is -0.297 e. The van der Waals surface area contributed by atoms with Crippen LogP contribution in [0.3, 0.4) is 0 Å². The molecular formula is C12H9ClN2O3S. The minimum absolute atomic E-state index is 0.266. The highest BCUT2D eigenvalue weighted by atomic mass is 35.5. The van der Waals surface area contributed by atoms with Gasteiger partial charge in [0, 0.05) is 12.1 Å². The van der Waals surface area contributed by atoms with Crippen molar-refractivity contribution in [1.29, 1.82) is 0 Å². The minimum atomic E-state index is -0.575. The largest absolute Gasteiger partial charge is 0.297 e. The van der Waals surface area contributed by atoms with Crippen LogP contribution in [0.1, 0.15) is 5.56 Å². The van der Waals surface area contributed by atoms with Crippen molar-refractivity contribution in [2.75, 3.05) is 0 Å². The van der Waals surface area contributed by atoms with E-state index in [0.717, 1.165) is 23.1 Å². The van der Waals surface area contributed by atoms with Crippen molar-refractivity contribution in [3.63, 3.8) is 0 Å². The zero-order valence-corrected chi connectivity index (χ0v) is 11.4. The van der Waals surface area contributed by atoms with Gasteiger partial charge in [-0.15, -0.1) is 11.3 Å². The van der Waals surface area contributed by atoms with E-state index < -0.39 is 4.92 Å². The van der Waals surface area contributed by atoms with Crippen LogP contribution in [0.5, 0.6) is 0 Å². The molecule has 0 fully saturated rings. The number of hydrogen-bond donors (Lipinski definition) is 0. The molecule has 0 N–H and O–H groups in total. The fraction of sp³-hybridized carbons (Fsp3) is 0.0833. The Bertz CT molecular complexity index is 807. The van der Waals surface area contributed by atoms with Crippen LogP contribution >= 0.6 is 22.9 Å². The molecule has 1 aromatic carbocycles. The summed E-state index contributed by atoms with van der Waals surface area (Å²) in [4.78, 5) is 21.8. The maximum atomic E-state index is 11.9. The molecule has 0 bridgehead atoms. The first-order chi connectivity index (χ1) is 8.97. The fourth-order valence-electron chi connectivity index (χ4n) is 1.53. The van der Waals surface area contributed by atoms with Crippen molar-refractivity contribution in [3.8, 4) is 0 Å². The number of halogens is 1. The molecule has 0 unspecified atom stereocenters. The lowest BCUT2D eigenvalue weighted by molar-refractivity contribution is -0.363. The van der Waals surface area contributed by atoms with Crippen molar-refractivity contribution in [3.05, 3.63) is 64.5 Å². The van der Waals surface area contributed by atoms with Gasteiger partial charge in [0.2, 0.25) is 0 Å². The van der Waals surface area contributed by atoms with Gasteiger partial charge in [-0.25, -0.2) is 0 Å². The molecule has 0 radical (unpaired) electrons. The molecule has 0 atom stereocenters. The second kappa shape index (κ2) is 5.38. The highest BCUT2D eigenvalue weighted by Crippen LogP contribution is 2.10. The average Bonchev–Trinajstić information content (AvgIpc) is 2.57. The normalized spacial score (nSPS) is 12.9. The van der Waals surface area contributed by atoms with E-state index in [1.165, 1.54) is 11.6 Å². The lowest BCUT2D eigenvalue weighted by Gasteiger charge is -1.91. The van der Waals surface area contributed by atoms with Crippen LogP contribution in [0.2, 0.25) is 5.02 Å². The van der Waals surface area contributed by atoms with Crippen LogP contribution in [0.15, 0.2) is 29.1 Å². The Hall–Kier alpha value is -1.92. The summed E-state index contributed by atoms with van der Waals surface area (Å²) in [6.07, 6.45) is 2.48. The smallest absolute Gasteiger partial charge is 0.268 e. The molecule has 0 spiro atoms. The monoisotopic (exact) mass is 296 g/mol. The Morgan fingerprint density at radius 1 is 1.47 bits per heavy atom. The predicted molar refractivity (Wildman–Crippen MR) is 75.3 cm³/mol. The zero-order valence-electron chi connectivity index (χ0n) is 9.87. The van der Waals surface area contributed by atoms with E-state index in [9.17, 15) is 14.9 Å². The molecule has 0 saturated heterocycles. The van der Waals surface area contributed by atoms with Crippen LogP contribution < -0.4 is 14.8 Å². The Kier molecular flexibility index (Phi) is 3.82. The average molecular weight is 297 g/mol. The van der Waals surface area contributed by atoms with E-state index in [2.05, 4.69) is 0 Å². The summed E-state index contributed by atoms with van der Waals surface area (Å²) in [6, 6.07) is 7.03. The summed E-state index contributed by atoms with van der Waals surface area (Å²) >= 11 is 6.93. The third-order valence-corrected chi connectivity index (χ3v) is 3.76. The second-order valence-electron chi connectivity index (χ2n) is 3.78. The van der Waals surface area contributed by atoms with Crippen molar-refractivity contribution in [1.82, 2.24) is 4.57 Å². The Labute approximate surface area is 116 Å². The Morgan fingerprint density at radius 3 is 2.84 bits per heavy atom. The molecule has 1 aromatic heterocycles. The molecule has 19 heavy (non-hydrogen) atoms. The van der Waals surface area contributed by atoms with Gasteiger partial charge in [-0.05, 0) is 23.8 Å². The highest BCUT2D eigenvalue weighted by molar-refractivity contribution is 7.07. The number of hydrogen-bond acceptors (Lipinski definition) is 4. The second-order valence-corrected chi connectivity index (χ2v) is 5.28. The third kappa shape index (κ3) is 3.10. The van der Waals surface area contributed by atoms with E-state index in [0.29, 0.717) is 14.2 Å². The predicted octanol–water partition coefficient (Wildman–Crippen LogP) is 0.944. The van der Waals surface area contributed by atoms with Crippen LogP contribution in [0, 0.1) is 10.1 Å². The van der Waals surface area contributed by atoms with Gasteiger partial charge in [-0.1, -0.05) is 23.7 Å². The highest BCUT2D eigenvalue weighted by Gasteiger charge is 2.03. The molecule has 5 nitrogen and oxygen atoms in total. The summed E-state index contributed by atoms with van der Waals surface area (Å²) < 4.78 is 1.98. The zero-order chi connectivity index (χ0) is 14.0. The Balaban J connectivity index is 2.65. The maximum Gasteiger partial charge on any atom is 0.268 e. The summed E-state index contributed by atoms with van der Waals surface area (Å²) in [7, 11) is 1.50. The summed E-state index contributed by atoms with van der Waals surface area (Å²) in [6.45, 7) is 0. The lowest BCUT2D eigenvalue weighted by atomic mass is 10.2. The third-order valence-electron chi connectivity index (χ3n) is 2.42. The van der Waals surface area contributed by atoms with Gasteiger partial charge in [-0.3, -0.25) is 19.5 Å². The van der Waals surface area contributed by atoms with Gasteiger partial charge in [-0.2, -0.15) is 0 Å². The van der Waals surface area contributed by atoms with Gasteiger partial charge in [0.1, 0.15) is 0 Å². The maximum absolute atomic E-state index is 11.9. The van der Waals surface area contributed by atoms with Crippen LogP contribution in [-0.4, -0.2) is 9.49 Å². The Morgan fingerprint density at radius 2 is 2.21 bits per heavy atom. The van der Waals surface area contributed by atoms with E-state index in [-0.39, 0.29) is 5.56 Å². The van der Waals surface area contributed by atoms with Crippen molar-refractivity contribution < 1.29 is 4.92 Å². The lowest BCUT2D eigenvalue weighted by Crippen LogP contribution is -2.29.